The largest absolute Gasteiger partial charge is 0.478 e. The highest BCUT2D eigenvalue weighted by molar-refractivity contribution is 5.94. The number of anilines is 1. The van der Waals surface area contributed by atoms with Crippen molar-refractivity contribution in [2.75, 3.05) is 11.4 Å². The molecule has 4 heteroatoms. The van der Waals surface area contributed by atoms with Crippen LogP contribution in [0.15, 0.2) is 18.5 Å². The van der Waals surface area contributed by atoms with Gasteiger partial charge in [0.25, 0.3) is 0 Å². The lowest BCUT2D eigenvalue weighted by Gasteiger charge is -2.28. The summed E-state index contributed by atoms with van der Waals surface area (Å²) in [5, 5.41) is 9.04. The van der Waals surface area contributed by atoms with Crippen molar-refractivity contribution in [3.63, 3.8) is 0 Å². The summed E-state index contributed by atoms with van der Waals surface area (Å²) in [4.78, 5) is 17.0. The first kappa shape index (κ1) is 11.5. The second kappa shape index (κ2) is 4.77. The molecule has 0 spiro atoms. The first-order chi connectivity index (χ1) is 7.07. The van der Waals surface area contributed by atoms with E-state index in [1.807, 2.05) is 25.7 Å². The molecule has 0 aromatic carbocycles. The Morgan fingerprint density at radius 3 is 2.73 bits per heavy atom. The molecular weight excluding hydrogens is 192 g/mol. The maximum Gasteiger partial charge on any atom is 0.337 e. The van der Waals surface area contributed by atoms with Crippen molar-refractivity contribution < 1.29 is 9.90 Å². The van der Waals surface area contributed by atoms with Gasteiger partial charge in [0.15, 0.2) is 0 Å². The van der Waals surface area contributed by atoms with Gasteiger partial charge in [0.1, 0.15) is 0 Å². The Balaban J connectivity index is 3.16. The standard InChI is InChI=1S/C11H16N2O2/c1-4-13(8(2)3)10-7-12-6-5-9(10)11(14)15/h5-8H,4H2,1-3H3,(H,14,15). The van der Waals surface area contributed by atoms with Gasteiger partial charge in [0.05, 0.1) is 17.4 Å². The number of carboxylic acids is 1. The Labute approximate surface area is 89.6 Å². The average molecular weight is 208 g/mol. The predicted octanol–water partition coefficient (Wildman–Crippen LogP) is 2.01. The van der Waals surface area contributed by atoms with Crippen LogP contribution < -0.4 is 4.90 Å². The van der Waals surface area contributed by atoms with Crippen molar-refractivity contribution in [3.8, 4) is 0 Å². The smallest absolute Gasteiger partial charge is 0.337 e. The van der Waals surface area contributed by atoms with Crippen molar-refractivity contribution in [2.24, 2.45) is 0 Å². The molecule has 82 valence electrons. The average Bonchev–Trinajstić information content (AvgIpc) is 2.18. The molecule has 0 fully saturated rings. The maximum atomic E-state index is 11.0. The van der Waals surface area contributed by atoms with Gasteiger partial charge in [-0.15, -0.1) is 0 Å². The number of nitrogens with zero attached hydrogens (tertiary/aromatic N) is 2. The van der Waals surface area contributed by atoms with E-state index in [2.05, 4.69) is 4.98 Å². The van der Waals surface area contributed by atoms with Crippen LogP contribution in [0.25, 0.3) is 0 Å². The van der Waals surface area contributed by atoms with Gasteiger partial charge in [-0.25, -0.2) is 4.79 Å². The number of hydrogen-bond acceptors (Lipinski definition) is 3. The van der Waals surface area contributed by atoms with Crippen molar-refractivity contribution in [1.29, 1.82) is 0 Å². The summed E-state index contributed by atoms with van der Waals surface area (Å²) < 4.78 is 0. The highest BCUT2D eigenvalue weighted by Crippen LogP contribution is 2.20. The lowest BCUT2D eigenvalue weighted by molar-refractivity contribution is 0.0697. The zero-order valence-corrected chi connectivity index (χ0v) is 9.27. The molecule has 1 N–H and O–H groups in total. The summed E-state index contributed by atoms with van der Waals surface area (Å²) in [6, 6.07) is 1.79. The molecule has 0 saturated carbocycles. The summed E-state index contributed by atoms with van der Waals surface area (Å²) in [7, 11) is 0. The van der Waals surface area contributed by atoms with Crippen LogP contribution in [0.4, 0.5) is 5.69 Å². The molecule has 0 atom stereocenters. The zero-order valence-electron chi connectivity index (χ0n) is 9.27. The molecule has 0 radical (unpaired) electrons. The zero-order chi connectivity index (χ0) is 11.4. The lowest BCUT2D eigenvalue weighted by atomic mass is 10.2. The number of rotatable bonds is 4. The van der Waals surface area contributed by atoms with Crippen LogP contribution in [0.2, 0.25) is 0 Å². The minimum atomic E-state index is -0.911. The molecule has 4 nitrogen and oxygen atoms in total. The van der Waals surface area contributed by atoms with E-state index in [1.54, 1.807) is 6.20 Å². The fourth-order valence-corrected chi connectivity index (χ4v) is 1.61. The van der Waals surface area contributed by atoms with Crippen LogP contribution in [-0.2, 0) is 0 Å². The van der Waals surface area contributed by atoms with E-state index in [-0.39, 0.29) is 6.04 Å². The van der Waals surface area contributed by atoms with E-state index < -0.39 is 5.97 Å². The Morgan fingerprint density at radius 2 is 2.27 bits per heavy atom. The van der Waals surface area contributed by atoms with Gasteiger partial charge in [-0.2, -0.15) is 0 Å². The highest BCUT2D eigenvalue weighted by atomic mass is 16.4. The molecule has 1 aromatic heterocycles. The van der Waals surface area contributed by atoms with Crippen molar-refractivity contribution >= 4 is 11.7 Å². The Bertz CT molecular complexity index is 350. The number of aromatic nitrogens is 1. The molecular formula is C11H16N2O2. The van der Waals surface area contributed by atoms with E-state index in [1.165, 1.54) is 12.3 Å². The van der Waals surface area contributed by atoms with E-state index in [4.69, 9.17) is 5.11 Å². The van der Waals surface area contributed by atoms with Crippen molar-refractivity contribution in [1.82, 2.24) is 4.98 Å². The SMILES string of the molecule is CCN(c1cnccc1C(=O)O)C(C)C. The van der Waals surface area contributed by atoms with Crippen LogP contribution in [0.5, 0.6) is 0 Å². The molecule has 1 rings (SSSR count). The number of carbonyl (C=O) groups is 1. The second-order valence-electron chi connectivity index (χ2n) is 3.58. The molecule has 0 unspecified atom stereocenters. The van der Waals surface area contributed by atoms with Crippen molar-refractivity contribution in [2.45, 2.75) is 26.8 Å². The normalized spacial score (nSPS) is 10.4. The van der Waals surface area contributed by atoms with Crippen LogP contribution in [0.1, 0.15) is 31.1 Å². The van der Waals surface area contributed by atoms with E-state index in [9.17, 15) is 4.79 Å². The first-order valence-electron chi connectivity index (χ1n) is 5.01. The Kier molecular flexibility index (Phi) is 3.66. The molecule has 1 aromatic rings. The van der Waals surface area contributed by atoms with Crippen molar-refractivity contribution in [3.05, 3.63) is 24.0 Å². The van der Waals surface area contributed by atoms with Crippen LogP contribution in [-0.4, -0.2) is 28.6 Å². The van der Waals surface area contributed by atoms with Gasteiger partial charge < -0.3 is 10.0 Å². The molecule has 1 heterocycles. The van der Waals surface area contributed by atoms with Crippen LogP contribution in [0.3, 0.4) is 0 Å². The molecule has 0 aliphatic rings. The minimum absolute atomic E-state index is 0.261. The quantitative estimate of drug-likeness (QED) is 0.822. The molecule has 15 heavy (non-hydrogen) atoms. The predicted molar refractivity (Wildman–Crippen MR) is 59.4 cm³/mol. The number of aromatic carboxylic acids is 1. The van der Waals surface area contributed by atoms with Gasteiger partial charge in [0.2, 0.25) is 0 Å². The first-order valence-corrected chi connectivity index (χ1v) is 5.01. The molecule has 0 amide bonds. The molecule has 0 aliphatic carbocycles. The number of hydrogen-bond donors (Lipinski definition) is 1. The lowest BCUT2D eigenvalue weighted by Crippen LogP contribution is -2.31. The van der Waals surface area contributed by atoms with E-state index in [0.29, 0.717) is 11.3 Å². The summed E-state index contributed by atoms with van der Waals surface area (Å²) >= 11 is 0. The van der Waals surface area contributed by atoms with E-state index in [0.717, 1.165) is 6.54 Å². The minimum Gasteiger partial charge on any atom is -0.478 e. The Hall–Kier alpha value is -1.58. The molecule has 0 saturated heterocycles. The topological polar surface area (TPSA) is 53.4 Å². The van der Waals surface area contributed by atoms with Gasteiger partial charge in [-0.05, 0) is 26.8 Å². The van der Waals surface area contributed by atoms with Crippen LogP contribution in [0, 0.1) is 0 Å². The summed E-state index contributed by atoms with van der Waals surface area (Å²) in [5.41, 5.74) is 0.989. The Morgan fingerprint density at radius 1 is 1.60 bits per heavy atom. The highest BCUT2D eigenvalue weighted by Gasteiger charge is 2.16. The van der Waals surface area contributed by atoms with Gasteiger partial charge in [-0.1, -0.05) is 0 Å². The van der Waals surface area contributed by atoms with Gasteiger partial charge in [-0.3, -0.25) is 4.98 Å². The fraction of sp³-hybridized carbons (Fsp3) is 0.455. The van der Waals surface area contributed by atoms with Crippen LogP contribution >= 0.6 is 0 Å². The number of carboxylic acid groups (broad SMARTS) is 1. The number of pyridine rings is 1. The third-order valence-corrected chi connectivity index (χ3v) is 2.30. The summed E-state index contributed by atoms with van der Waals surface area (Å²) in [6.07, 6.45) is 3.11. The summed E-state index contributed by atoms with van der Waals surface area (Å²) in [6.45, 7) is 6.83. The monoisotopic (exact) mass is 208 g/mol. The fourth-order valence-electron chi connectivity index (χ4n) is 1.61. The second-order valence-corrected chi connectivity index (χ2v) is 3.58. The summed E-state index contributed by atoms with van der Waals surface area (Å²) in [5.74, 6) is -0.911. The molecule has 0 aliphatic heterocycles. The molecule has 0 bridgehead atoms. The third-order valence-electron chi connectivity index (χ3n) is 2.30. The van der Waals surface area contributed by atoms with Gasteiger partial charge >= 0.3 is 5.97 Å². The third kappa shape index (κ3) is 2.46. The maximum absolute atomic E-state index is 11.0. The van der Waals surface area contributed by atoms with E-state index >= 15 is 0 Å². The van der Waals surface area contributed by atoms with Gasteiger partial charge in [0, 0.05) is 18.8 Å².